The van der Waals surface area contributed by atoms with Crippen molar-refractivity contribution in [2.24, 2.45) is 0 Å². The van der Waals surface area contributed by atoms with Crippen LogP contribution < -0.4 is 14.2 Å². The highest BCUT2D eigenvalue weighted by Crippen LogP contribution is 2.46. The summed E-state index contributed by atoms with van der Waals surface area (Å²) in [6, 6.07) is 7.78. The Hall–Kier alpha value is -2.15. The first kappa shape index (κ1) is 22.5. The van der Waals surface area contributed by atoms with Crippen LogP contribution in [0, 0.1) is 0 Å². The molecule has 0 aliphatic carbocycles. The first-order valence-electron chi connectivity index (χ1n) is 9.65. The van der Waals surface area contributed by atoms with Gasteiger partial charge in [-0.1, -0.05) is 41.8 Å². The molecule has 1 fully saturated rings. The van der Waals surface area contributed by atoms with Gasteiger partial charge in [-0.25, -0.2) is 0 Å². The topological polar surface area (TPSA) is 68.2 Å². The lowest BCUT2D eigenvalue weighted by Gasteiger charge is -2.40. The molecular weight excluding hydrogens is 429 g/mol. The zero-order valence-corrected chi connectivity index (χ0v) is 18.7. The van der Waals surface area contributed by atoms with Crippen molar-refractivity contribution in [1.82, 2.24) is 4.90 Å². The quantitative estimate of drug-likeness (QED) is 0.632. The number of carboxylic acid groups (broad SMARTS) is 1. The minimum absolute atomic E-state index is 0.385. The van der Waals surface area contributed by atoms with E-state index < -0.39 is 18.1 Å². The Morgan fingerprint density at radius 2 is 1.70 bits per heavy atom. The summed E-state index contributed by atoms with van der Waals surface area (Å²) >= 11 is 12.9. The fourth-order valence-corrected chi connectivity index (χ4v) is 4.46. The third-order valence-corrected chi connectivity index (χ3v) is 6.30. The van der Waals surface area contributed by atoms with Crippen LogP contribution in [0.15, 0.2) is 30.3 Å². The molecule has 0 bridgehead atoms. The summed E-state index contributed by atoms with van der Waals surface area (Å²) in [5.74, 6) is 0.712. The highest BCUT2D eigenvalue weighted by molar-refractivity contribution is 6.42. The molecular formula is C22H25Cl2NO5. The van der Waals surface area contributed by atoms with Gasteiger partial charge in [0.05, 0.1) is 37.4 Å². The summed E-state index contributed by atoms with van der Waals surface area (Å²) < 4.78 is 16.6. The summed E-state index contributed by atoms with van der Waals surface area (Å²) in [5, 5.41) is 10.7. The maximum absolute atomic E-state index is 12.1. The number of aliphatic carboxylic acids is 1. The Balaban J connectivity index is 2.27. The van der Waals surface area contributed by atoms with Gasteiger partial charge >= 0.3 is 5.97 Å². The molecule has 30 heavy (non-hydrogen) atoms. The number of likely N-dealkylation sites (tertiary alicyclic amines) is 1. The first-order chi connectivity index (χ1) is 14.4. The summed E-state index contributed by atoms with van der Waals surface area (Å²) in [7, 11) is 4.66. The fourth-order valence-electron chi connectivity index (χ4n) is 4.05. The van der Waals surface area contributed by atoms with E-state index in [2.05, 4.69) is 0 Å². The normalized spacial score (nSPS) is 18.0. The SMILES string of the molecule is COc1cc(OC)c(C(c2cccc(Cl)c2Cl)N2CCCCC2C(=O)O)cc1OC. The van der Waals surface area contributed by atoms with Gasteiger partial charge in [-0.05, 0) is 37.1 Å². The Kier molecular flexibility index (Phi) is 7.34. The molecule has 6 nitrogen and oxygen atoms in total. The van der Waals surface area contributed by atoms with Gasteiger partial charge in [-0.15, -0.1) is 0 Å². The molecule has 1 heterocycles. The number of rotatable bonds is 7. The van der Waals surface area contributed by atoms with Crippen LogP contribution in [0.5, 0.6) is 17.2 Å². The van der Waals surface area contributed by atoms with Crippen molar-refractivity contribution in [1.29, 1.82) is 0 Å². The molecule has 0 saturated carbocycles. The summed E-state index contributed by atoms with van der Waals surface area (Å²) in [6.07, 6.45) is 2.29. The Labute approximate surface area is 186 Å². The van der Waals surface area contributed by atoms with E-state index in [9.17, 15) is 9.90 Å². The lowest BCUT2D eigenvalue weighted by atomic mass is 9.90. The maximum Gasteiger partial charge on any atom is 0.320 e. The lowest BCUT2D eigenvalue weighted by molar-refractivity contribution is -0.145. The van der Waals surface area contributed by atoms with Gasteiger partial charge < -0.3 is 19.3 Å². The average molecular weight is 454 g/mol. The van der Waals surface area contributed by atoms with Gasteiger partial charge in [0, 0.05) is 11.6 Å². The summed E-state index contributed by atoms with van der Waals surface area (Å²) in [4.78, 5) is 14.0. The molecule has 2 atom stereocenters. The zero-order chi connectivity index (χ0) is 21.8. The van der Waals surface area contributed by atoms with Crippen molar-refractivity contribution < 1.29 is 24.1 Å². The molecule has 1 aliphatic rings. The molecule has 0 spiro atoms. The molecule has 1 saturated heterocycles. The van der Waals surface area contributed by atoms with E-state index in [0.29, 0.717) is 45.8 Å². The molecule has 1 aliphatic heterocycles. The predicted octanol–water partition coefficient (Wildman–Crippen LogP) is 5.05. The summed E-state index contributed by atoms with van der Waals surface area (Å²) in [6.45, 7) is 0.599. The molecule has 2 aromatic rings. The van der Waals surface area contributed by atoms with Crippen LogP contribution in [0.2, 0.25) is 10.0 Å². The second-order valence-electron chi connectivity index (χ2n) is 7.08. The number of ether oxygens (including phenoxy) is 3. The Morgan fingerprint density at radius 1 is 1.03 bits per heavy atom. The molecule has 2 aromatic carbocycles. The van der Waals surface area contributed by atoms with E-state index in [1.807, 2.05) is 23.1 Å². The standard InChI is InChI=1S/C22H25Cl2NO5/c1-28-17-12-19(30-3)18(29-2)11-14(17)21(13-7-6-8-15(23)20(13)24)25-10-5-4-9-16(25)22(26)27/h6-8,11-12,16,21H,4-5,9-10H2,1-3H3,(H,26,27). The second kappa shape index (κ2) is 9.77. The van der Waals surface area contributed by atoms with Gasteiger partial charge in [0.2, 0.25) is 0 Å². The second-order valence-corrected chi connectivity index (χ2v) is 7.87. The number of methoxy groups -OCH3 is 3. The van der Waals surface area contributed by atoms with Crippen LogP contribution in [0.25, 0.3) is 0 Å². The Morgan fingerprint density at radius 3 is 2.33 bits per heavy atom. The van der Waals surface area contributed by atoms with E-state index in [1.165, 1.54) is 0 Å². The van der Waals surface area contributed by atoms with Crippen molar-refractivity contribution in [2.45, 2.75) is 31.3 Å². The number of hydrogen-bond donors (Lipinski definition) is 1. The molecule has 3 rings (SSSR count). The molecule has 162 valence electrons. The highest BCUT2D eigenvalue weighted by atomic mass is 35.5. The van der Waals surface area contributed by atoms with E-state index in [0.717, 1.165) is 18.4 Å². The molecule has 0 radical (unpaired) electrons. The minimum atomic E-state index is -0.864. The van der Waals surface area contributed by atoms with E-state index in [4.69, 9.17) is 37.4 Å². The molecule has 0 amide bonds. The summed E-state index contributed by atoms with van der Waals surface area (Å²) in [5.41, 5.74) is 1.44. The number of benzene rings is 2. The molecule has 1 N–H and O–H groups in total. The van der Waals surface area contributed by atoms with E-state index >= 15 is 0 Å². The van der Waals surface area contributed by atoms with Crippen molar-refractivity contribution in [2.75, 3.05) is 27.9 Å². The van der Waals surface area contributed by atoms with Gasteiger partial charge in [-0.2, -0.15) is 0 Å². The third-order valence-electron chi connectivity index (χ3n) is 5.47. The largest absolute Gasteiger partial charge is 0.496 e. The number of hydrogen-bond acceptors (Lipinski definition) is 5. The van der Waals surface area contributed by atoms with E-state index in [-0.39, 0.29) is 0 Å². The number of halogens is 2. The number of piperidine rings is 1. The van der Waals surface area contributed by atoms with Gasteiger partial charge in [0.1, 0.15) is 11.8 Å². The van der Waals surface area contributed by atoms with Crippen LogP contribution in [0.4, 0.5) is 0 Å². The number of nitrogens with zero attached hydrogens (tertiary/aromatic N) is 1. The average Bonchev–Trinajstić information content (AvgIpc) is 2.76. The molecule has 0 aromatic heterocycles. The van der Waals surface area contributed by atoms with Crippen LogP contribution in [-0.4, -0.2) is 49.9 Å². The zero-order valence-electron chi connectivity index (χ0n) is 17.2. The third kappa shape index (κ3) is 4.31. The smallest absolute Gasteiger partial charge is 0.320 e. The van der Waals surface area contributed by atoms with Crippen LogP contribution in [-0.2, 0) is 4.79 Å². The van der Waals surface area contributed by atoms with Gasteiger partial charge in [0.15, 0.2) is 11.5 Å². The number of carbonyl (C=O) groups is 1. The lowest BCUT2D eigenvalue weighted by Crippen LogP contribution is -2.47. The maximum atomic E-state index is 12.1. The fraction of sp³-hybridized carbons (Fsp3) is 0.409. The van der Waals surface area contributed by atoms with Crippen LogP contribution in [0.3, 0.4) is 0 Å². The first-order valence-corrected chi connectivity index (χ1v) is 10.4. The Bertz CT molecular complexity index is 921. The van der Waals surface area contributed by atoms with Gasteiger partial charge in [-0.3, -0.25) is 9.69 Å². The van der Waals surface area contributed by atoms with Crippen molar-refractivity contribution in [3.63, 3.8) is 0 Å². The minimum Gasteiger partial charge on any atom is -0.496 e. The van der Waals surface area contributed by atoms with Crippen molar-refractivity contribution in [3.8, 4) is 17.2 Å². The van der Waals surface area contributed by atoms with Gasteiger partial charge in [0.25, 0.3) is 0 Å². The van der Waals surface area contributed by atoms with Crippen molar-refractivity contribution in [3.05, 3.63) is 51.5 Å². The molecule has 2 unspecified atom stereocenters. The predicted molar refractivity (Wildman–Crippen MR) is 116 cm³/mol. The van der Waals surface area contributed by atoms with Crippen molar-refractivity contribution >= 4 is 29.2 Å². The van der Waals surface area contributed by atoms with E-state index in [1.54, 1.807) is 33.5 Å². The monoisotopic (exact) mass is 453 g/mol. The van der Waals surface area contributed by atoms with Crippen LogP contribution in [0.1, 0.15) is 36.4 Å². The van der Waals surface area contributed by atoms with Crippen LogP contribution >= 0.6 is 23.2 Å². The highest BCUT2D eigenvalue weighted by Gasteiger charge is 2.38. The number of carboxylic acids is 1. The molecule has 8 heteroatoms.